The van der Waals surface area contributed by atoms with Gasteiger partial charge in [0.2, 0.25) is 0 Å². The van der Waals surface area contributed by atoms with E-state index in [0.717, 1.165) is 5.56 Å². The molecular formula is C18H22N4O4S. The molecule has 27 heavy (non-hydrogen) atoms. The summed E-state index contributed by atoms with van der Waals surface area (Å²) in [6, 6.07) is 9.76. The summed E-state index contributed by atoms with van der Waals surface area (Å²) < 4.78 is 34.7. The molecule has 3 heterocycles. The lowest BCUT2D eigenvalue weighted by molar-refractivity contribution is 0.0915. The second-order valence-electron chi connectivity index (χ2n) is 7.19. The molecule has 0 aliphatic carbocycles. The van der Waals surface area contributed by atoms with E-state index in [1.165, 1.54) is 8.99 Å². The molecule has 8 nitrogen and oxygen atoms in total. The van der Waals surface area contributed by atoms with Crippen LogP contribution in [0, 0.1) is 6.92 Å². The number of rotatable bonds is 4. The maximum atomic E-state index is 13.3. The topological polar surface area (TPSA) is 84.7 Å². The number of hydrogen-bond donors (Lipinski definition) is 0. The SMILES string of the molecule is Cc1cnn(C)c1S(=O)(=O)N1CCN2C(=O)OCC2(Cc2ccccc2)C1. The molecule has 9 heteroatoms. The second kappa shape index (κ2) is 6.35. The Morgan fingerprint density at radius 1 is 1.22 bits per heavy atom. The summed E-state index contributed by atoms with van der Waals surface area (Å²) >= 11 is 0. The maximum absolute atomic E-state index is 13.3. The van der Waals surface area contributed by atoms with E-state index in [0.29, 0.717) is 18.5 Å². The van der Waals surface area contributed by atoms with Crippen LogP contribution in [0.1, 0.15) is 11.1 Å². The van der Waals surface area contributed by atoms with Gasteiger partial charge < -0.3 is 4.74 Å². The quantitative estimate of drug-likeness (QED) is 0.782. The van der Waals surface area contributed by atoms with E-state index in [9.17, 15) is 13.2 Å². The number of piperazine rings is 1. The molecule has 1 unspecified atom stereocenters. The molecule has 2 saturated heterocycles. The number of sulfonamides is 1. The van der Waals surface area contributed by atoms with Crippen LogP contribution in [-0.4, -0.2) is 65.3 Å². The van der Waals surface area contributed by atoms with E-state index in [-0.39, 0.29) is 30.8 Å². The van der Waals surface area contributed by atoms with Crippen LogP contribution >= 0.6 is 0 Å². The first-order valence-corrected chi connectivity index (χ1v) is 10.2. The van der Waals surface area contributed by atoms with Crippen LogP contribution in [0.2, 0.25) is 0 Å². The van der Waals surface area contributed by atoms with E-state index in [1.807, 2.05) is 30.3 Å². The molecule has 1 atom stereocenters. The second-order valence-corrected chi connectivity index (χ2v) is 9.04. The first kappa shape index (κ1) is 18.0. The Bertz CT molecular complexity index is 953. The monoisotopic (exact) mass is 390 g/mol. The molecule has 1 amide bonds. The minimum atomic E-state index is -3.73. The van der Waals surface area contributed by atoms with Gasteiger partial charge in [0.05, 0.1) is 11.7 Å². The van der Waals surface area contributed by atoms with Crippen molar-refractivity contribution in [2.24, 2.45) is 7.05 Å². The number of aromatic nitrogens is 2. The lowest BCUT2D eigenvalue weighted by Gasteiger charge is -2.44. The van der Waals surface area contributed by atoms with E-state index < -0.39 is 15.6 Å². The Morgan fingerprint density at radius 2 is 1.96 bits per heavy atom. The highest BCUT2D eigenvalue weighted by Gasteiger charge is 2.53. The molecule has 0 radical (unpaired) electrons. The summed E-state index contributed by atoms with van der Waals surface area (Å²) in [5, 5.41) is 4.25. The summed E-state index contributed by atoms with van der Waals surface area (Å²) in [4.78, 5) is 13.9. The van der Waals surface area contributed by atoms with Crippen LogP contribution in [0.15, 0.2) is 41.6 Å². The zero-order valence-corrected chi connectivity index (χ0v) is 16.1. The number of benzene rings is 1. The van der Waals surface area contributed by atoms with Gasteiger partial charge in [0, 0.05) is 38.7 Å². The van der Waals surface area contributed by atoms with Crippen molar-refractivity contribution in [1.29, 1.82) is 0 Å². The van der Waals surface area contributed by atoms with Crippen LogP contribution < -0.4 is 0 Å². The number of amides is 1. The minimum Gasteiger partial charge on any atom is -0.447 e. The Balaban J connectivity index is 1.69. The van der Waals surface area contributed by atoms with Crippen molar-refractivity contribution in [3.8, 4) is 0 Å². The van der Waals surface area contributed by atoms with Gasteiger partial charge in [-0.25, -0.2) is 13.2 Å². The van der Waals surface area contributed by atoms with Crippen LogP contribution in [0.4, 0.5) is 4.79 Å². The average Bonchev–Trinajstić information content (AvgIpc) is 3.15. The van der Waals surface area contributed by atoms with Gasteiger partial charge in [0.25, 0.3) is 10.0 Å². The molecule has 1 aromatic carbocycles. The Labute approximate surface area is 158 Å². The number of ether oxygens (including phenoxy) is 1. The van der Waals surface area contributed by atoms with E-state index in [2.05, 4.69) is 5.10 Å². The molecular weight excluding hydrogens is 368 g/mol. The first-order valence-electron chi connectivity index (χ1n) is 8.81. The third-order valence-corrected chi connectivity index (χ3v) is 7.38. The number of aryl methyl sites for hydroxylation is 2. The zero-order valence-electron chi connectivity index (χ0n) is 15.3. The molecule has 2 aliphatic rings. The summed E-state index contributed by atoms with van der Waals surface area (Å²) in [5.41, 5.74) is 0.948. The number of carbonyl (C=O) groups excluding carboxylic acids is 1. The van der Waals surface area contributed by atoms with E-state index >= 15 is 0 Å². The van der Waals surface area contributed by atoms with Crippen LogP contribution in [-0.2, 0) is 28.2 Å². The van der Waals surface area contributed by atoms with Gasteiger partial charge >= 0.3 is 6.09 Å². The highest BCUT2D eigenvalue weighted by Crippen LogP contribution is 2.34. The van der Waals surface area contributed by atoms with Gasteiger partial charge in [-0.1, -0.05) is 30.3 Å². The van der Waals surface area contributed by atoms with Crippen molar-refractivity contribution in [2.75, 3.05) is 26.2 Å². The zero-order chi connectivity index (χ0) is 19.2. The largest absolute Gasteiger partial charge is 0.447 e. The Kier molecular flexibility index (Phi) is 4.23. The lowest BCUT2D eigenvalue weighted by atomic mass is 9.89. The molecule has 144 valence electrons. The van der Waals surface area contributed by atoms with Crippen molar-refractivity contribution < 1.29 is 17.9 Å². The number of carbonyl (C=O) groups is 1. The van der Waals surface area contributed by atoms with Gasteiger partial charge in [0.15, 0.2) is 5.03 Å². The van der Waals surface area contributed by atoms with Crippen molar-refractivity contribution in [2.45, 2.75) is 23.9 Å². The normalized spacial score (nSPS) is 23.3. The fourth-order valence-electron chi connectivity index (χ4n) is 4.04. The maximum Gasteiger partial charge on any atom is 0.410 e. The van der Waals surface area contributed by atoms with Crippen LogP contribution in [0.3, 0.4) is 0 Å². The smallest absolute Gasteiger partial charge is 0.410 e. The molecule has 4 rings (SSSR count). The van der Waals surface area contributed by atoms with Crippen molar-refractivity contribution in [1.82, 2.24) is 19.0 Å². The minimum absolute atomic E-state index is 0.178. The van der Waals surface area contributed by atoms with Crippen LogP contribution in [0.5, 0.6) is 0 Å². The van der Waals surface area contributed by atoms with Crippen molar-refractivity contribution in [3.05, 3.63) is 47.7 Å². The standard InChI is InChI=1S/C18H22N4O4S/c1-14-11-19-20(2)16(14)27(24,25)21-8-9-22-17(23)26-13-18(22,12-21)10-15-6-4-3-5-7-15/h3-7,11H,8-10,12-13H2,1-2H3. The molecule has 1 aromatic heterocycles. The van der Waals surface area contributed by atoms with Gasteiger partial charge in [-0.15, -0.1) is 0 Å². The highest BCUT2D eigenvalue weighted by molar-refractivity contribution is 7.89. The van der Waals surface area contributed by atoms with E-state index in [4.69, 9.17) is 4.74 Å². The summed E-state index contributed by atoms with van der Waals surface area (Å²) in [7, 11) is -2.10. The van der Waals surface area contributed by atoms with Crippen molar-refractivity contribution >= 4 is 16.1 Å². The molecule has 2 aromatic rings. The third kappa shape index (κ3) is 2.90. The predicted molar refractivity (Wildman–Crippen MR) is 97.6 cm³/mol. The highest BCUT2D eigenvalue weighted by atomic mass is 32.2. The number of hydrogen-bond acceptors (Lipinski definition) is 5. The molecule has 0 bridgehead atoms. The molecule has 2 fully saturated rings. The average molecular weight is 390 g/mol. The summed E-state index contributed by atoms with van der Waals surface area (Å²) in [6.45, 7) is 2.65. The number of nitrogens with zero attached hydrogens (tertiary/aromatic N) is 4. The van der Waals surface area contributed by atoms with Gasteiger partial charge in [-0.05, 0) is 12.5 Å². The summed E-state index contributed by atoms with van der Waals surface area (Å²) in [5.74, 6) is 0. The van der Waals surface area contributed by atoms with Crippen molar-refractivity contribution in [3.63, 3.8) is 0 Å². The third-order valence-electron chi connectivity index (χ3n) is 5.32. The molecule has 0 spiro atoms. The fourth-order valence-corrected chi connectivity index (χ4v) is 5.85. The molecule has 0 N–H and O–H groups in total. The van der Waals surface area contributed by atoms with Crippen LogP contribution in [0.25, 0.3) is 0 Å². The Hall–Kier alpha value is -2.39. The number of fused-ring (bicyclic) bond motifs is 1. The van der Waals surface area contributed by atoms with Gasteiger partial charge in [-0.3, -0.25) is 9.58 Å². The summed E-state index contributed by atoms with van der Waals surface area (Å²) in [6.07, 6.45) is 1.71. The molecule has 2 aliphatic heterocycles. The Morgan fingerprint density at radius 3 is 2.63 bits per heavy atom. The molecule has 0 saturated carbocycles. The van der Waals surface area contributed by atoms with E-state index in [1.54, 1.807) is 25.1 Å². The number of cyclic esters (lactones) is 1. The first-order chi connectivity index (χ1) is 12.8. The lowest BCUT2D eigenvalue weighted by Crippen LogP contribution is -2.63. The van der Waals surface area contributed by atoms with Gasteiger partial charge in [0.1, 0.15) is 6.61 Å². The predicted octanol–water partition coefficient (Wildman–Crippen LogP) is 1.17. The van der Waals surface area contributed by atoms with Gasteiger partial charge in [-0.2, -0.15) is 9.40 Å². The fraction of sp³-hybridized carbons (Fsp3) is 0.444.